The van der Waals surface area contributed by atoms with E-state index >= 15 is 0 Å². The molecule has 2 unspecified atom stereocenters. The first kappa shape index (κ1) is 18.4. The summed E-state index contributed by atoms with van der Waals surface area (Å²) >= 11 is 0. The number of aliphatic hydroxyl groups is 2. The summed E-state index contributed by atoms with van der Waals surface area (Å²) in [5.41, 5.74) is 2.61. The second-order valence-corrected chi connectivity index (χ2v) is 6.97. The standard InChI is InChI=1S/C19H23NO4.ClH/c21-15(10-20-11-8-9-11)18(22)14-6-3-7-16-17(14)12-4-1-2-5-13(12)19(23)24-16;/h3,6-7,11,15,18,20-22H,1-2,4-5,8-10H2;1H. The van der Waals surface area contributed by atoms with E-state index in [9.17, 15) is 15.0 Å². The van der Waals surface area contributed by atoms with E-state index in [1.54, 1.807) is 12.1 Å². The largest absolute Gasteiger partial charge is 0.422 e. The molecule has 1 fully saturated rings. The lowest BCUT2D eigenvalue weighted by molar-refractivity contribution is 0.0197. The molecule has 0 bridgehead atoms. The minimum atomic E-state index is -1.00. The van der Waals surface area contributed by atoms with Crippen LogP contribution in [0.1, 0.15) is 48.5 Å². The number of aryl methyl sites for hydroxylation is 1. The number of nitrogens with one attached hydrogen (secondary N) is 1. The zero-order chi connectivity index (χ0) is 16.7. The second kappa shape index (κ2) is 7.46. The van der Waals surface area contributed by atoms with Gasteiger partial charge in [-0.15, -0.1) is 12.4 Å². The van der Waals surface area contributed by atoms with E-state index in [2.05, 4.69) is 5.32 Å². The van der Waals surface area contributed by atoms with E-state index in [4.69, 9.17) is 4.42 Å². The lowest BCUT2D eigenvalue weighted by Gasteiger charge is -2.23. The fourth-order valence-corrected chi connectivity index (χ4v) is 3.66. The first-order valence-corrected chi connectivity index (χ1v) is 8.82. The summed E-state index contributed by atoms with van der Waals surface area (Å²) in [7, 11) is 0. The van der Waals surface area contributed by atoms with Gasteiger partial charge >= 0.3 is 5.63 Å². The van der Waals surface area contributed by atoms with E-state index < -0.39 is 12.2 Å². The fraction of sp³-hybridized carbons (Fsp3) is 0.526. The Morgan fingerprint density at radius 2 is 1.88 bits per heavy atom. The van der Waals surface area contributed by atoms with Gasteiger partial charge in [-0.2, -0.15) is 0 Å². The monoisotopic (exact) mass is 365 g/mol. The molecule has 136 valence electrons. The summed E-state index contributed by atoms with van der Waals surface area (Å²) in [5.74, 6) is 0. The van der Waals surface area contributed by atoms with E-state index in [1.165, 1.54) is 0 Å². The average molecular weight is 366 g/mol. The molecule has 2 aromatic rings. The minimum absolute atomic E-state index is 0. The van der Waals surface area contributed by atoms with Crippen molar-refractivity contribution in [3.05, 3.63) is 45.3 Å². The highest BCUT2D eigenvalue weighted by Gasteiger charge is 2.27. The van der Waals surface area contributed by atoms with Gasteiger partial charge in [0.2, 0.25) is 0 Å². The number of halogens is 1. The number of aliphatic hydroxyl groups excluding tert-OH is 2. The average Bonchev–Trinajstić information content (AvgIpc) is 3.43. The van der Waals surface area contributed by atoms with Gasteiger partial charge in [0.05, 0.1) is 6.10 Å². The molecule has 6 heteroatoms. The minimum Gasteiger partial charge on any atom is -0.422 e. The number of rotatable bonds is 5. The van der Waals surface area contributed by atoms with Crippen molar-refractivity contribution in [3.63, 3.8) is 0 Å². The van der Waals surface area contributed by atoms with E-state index in [1.807, 2.05) is 6.07 Å². The molecule has 2 aliphatic rings. The summed E-state index contributed by atoms with van der Waals surface area (Å²) in [4.78, 5) is 12.2. The van der Waals surface area contributed by atoms with Crippen LogP contribution in [0, 0.1) is 0 Å². The third-order valence-electron chi connectivity index (χ3n) is 5.15. The topological polar surface area (TPSA) is 82.7 Å². The number of benzene rings is 1. The number of hydrogen-bond acceptors (Lipinski definition) is 5. The van der Waals surface area contributed by atoms with Crippen LogP contribution in [0.5, 0.6) is 0 Å². The third-order valence-corrected chi connectivity index (χ3v) is 5.15. The zero-order valence-corrected chi connectivity index (χ0v) is 14.8. The molecule has 1 aromatic carbocycles. The molecule has 25 heavy (non-hydrogen) atoms. The Morgan fingerprint density at radius 3 is 2.60 bits per heavy atom. The maximum atomic E-state index is 12.2. The molecule has 2 aliphatic carbocycles. The van der Waals surface area contributed by atoms with Crippen LogP contribution in [-0.4, -0.2) is 28.9 Å². The highest BCUT2D eigenvalue weighted by atomic mass is 35.5. The molecule has 0 spiro atoms. The molecular formula is C19H24ClNO4. The molecule has 3 N–H and O–H groups in total. The molecule has 5 nitrogen and oxygen atoms in total. The van der Waals surface area contributed by atoms with Crippen LogP contribution in [0.2, 0.25) is 0 Å². The lowest BCUT2D eigenvalue weighted by atomic mass is 9.87. The quantitative estimate of drug-likeness (QED) is 0.708. The highest BCUT2D eigenvalue weighted by molar-refractivity contribution is 5.86. The van der Waals surface area contributed by atoms with E-state index in [0.717, 1.165) is 55.0 Å². The van der Waals surface area contributed by atoms with Crippen LogP contribution < -0.4 is 10.9 Å². The van der Waals surface area contributed by atoms with Crippen molar-refractivity contribution in [3.8, 4) is 0 Å². The van der Waals surface area contributed by atoms with Crippen LogP contribution in [0.3, 0.4) is 0 Å². The fourth-order valence-electron chi connectivity index (χ4n) is 3.66. The van der Waals surface area contributed by atoms with Gasteiger partial charge < -0.3 is 19.9 Å². The van der Waals surface area contributed by atoms with Gasteiger partial charge in [0, 0.05) is 23.5 Å². The van der Waals surface area contributed by atoms with Gasteiger partial charge in [0.15, 0.2) is 0 Å². The maximum absolute atomic E-state index is 12.2. The molecule has 1 heterocycles. The third kappa shape index (κ3) is 3.60. The van der Waals surface area contributed by atoms with E-state index in [0.29, 0.717) is 23.7 Å². The first-order valence-electron chi connectivity index (χ1n) is 8.82. The molecule has 2 atom stereocenters. The molecule has 0 amide bonds. The Labute approximate surface area is 152 Å². The van der Waals surface area contributed by atoms with Gasteiger partial charge in [-0.1, -0.05) is 12.1 Å². The van der Waals surface area contributed by atoms with Crippen molar-refractivity contribution in [2.75, 3.05) is 6.54 Å². The Balaban J connectivity index is 0.00000182. The van der Waals surface area contributed by atoms with Crippen molar-refractivity contribution >= 4 is 23.4 Å². The molecule has 1 aromatic heterocycles. The van der Waals surface area contributed by atoms with Crippen molar-refractivity contribution in [1.29, 1.82) is 0 Å². The van der Waals surface area contributed by atoms with Crippen molar-refractivity contribution < 1.29 is 14.6 Å². The predicted octanol–water partition coefficient (Wildman–Crippen LogP) is 2.24. The zero-order valence-electron chi connectivity index (χ0n) is 14.0. The first-order chi connectivity index (χ1) is 11.6. The molecule has 1 saturated carbocycles. The van der Waals surface area contributed by atoms with E-state index in [-0.39, 0.29) is 18.0 Å². The normalized spacial score (nSPS) is 19.1. The van der Waals surface area contributed by atoms with Gasteiger partial charge in [-0.05, 0) is 55.7 Å². The van der Waals surface area contributed by atoms with Crippen molar-refractivity contribution in [2.45, 2.75) is 56.8 Å². The summed E-state index contributed by atoms with van der Waals surface area (Å²) < 4.78 is 5.47. The molecule has 4 rings (SSSR count). The Hall–Kier alpha value is -1.40. The van der Waals surface area contributed by atoms with Crippen LogP contribution in [0.25, 0.3) is 11.0 Å². The van der Waals surface area contributed by atoms with Crippen LogP contribution in [0.4, 0.5) is 0 Å². The second-order valence-electron chi connectivity index (χ2n) is 6.97. The Bertz CT molecular complexity index is 815. The molecule has 0 saturated heterocycles. The maximum Gasteiger partial charge on any atom is 0.339 e. The SMILES string of the molecule is Cl.O=c1oc2cccc(C(O)C(O)CNC3CC3)c2c2c1CCCC2. The van der Waals surface area contributed by atoms with Gasteiger partial charge in [0.25, 0.3) is 0 Å². The van der Waals surface area contributed by atoms with Gasteiger partial charge in [-0.3, -0.25) is 0 Å². The van der Waals surface area contributed by atoms with Crippen LogP contribution >= 0.6 is 12.4 Å². The predicted molar refractivity (Wildman–Crippen MR) is 98.4 cm³/mol. The molecular weight excluding hydrogens is 342 g/mol. The summed E-state index contributed by atoms with van der Waals surface area (Å²) in [6.45, 7) is 0.362. The summed E-state index contributed by atoms with van der Waals surface area (Å²) in [6, 6.07) is 5.82. The van der Waals surface area contributed by atoms with Gasteiger partial charge in [-0.25, -0.2) is 4.79 Å². The smallest absolute Gasteiger partial charge is 0.339 e. The summed E-state index contributed by atoms with van der Waals surface area (Å²) in [5, 5.41) is 25.1. The highest BCUT2D eigenvalue weighted by Crippen LogP contribution is 2.33. The Kier molecular flexibility index (Phi) is 5.49. The molecule has 0 aliphatic heterocycles. The van der Waals surface area contributed by atoms with Crippen LogP contribution in [-0.2, 0) is 12.8 Å². The molecule has 0 radical (unpaired) electrons. The van der Waals surface area contributed by atoms with Crippen LogP contribution in [0.15, 0.2) is 27.4 Å². The van der Waals surface area contributed by atoms with Crippen molar-refractivity contribution in [1.82, 2.24) is 5.32 Å². The van der Waals surface area contributed by atoms with Crippen molar-refractivity contribution in [2.24, 2.45) is 0 Å². The summed E-state index contributed by atoms with van der Waals surface area (Å²) in [6.07, 6.45) is 3.94. The van der Waals surface area contributed by atoms with Gasteiger partial charge in [0.1, 0.15) is 11.7 Å². The lowest BCUT2D eigenvalue weighted by Crippen LogP contribution is -2.33. The Morgan fingerprint density at radius 1 is 1.16 bits per heavy atom. The number of hydrogen-bond donors (Lipinski definition) is 3. The number of fused-ring (bicyclic) bond motifs is 3.